The lowest BCUT2D eigenvalue weighted by Gasteiger charge is -2.34. The van der Waals surface area contributed by atoms with Crippen LogP contribution in [0.25, 0.3) is 0 Å². The molecule has 33 heavy (non-hydrogen) atoms. The minimum absolute atomic E-state index is 0.128. The van der Waals surface area contributed by atoms with Crippen LogP contribution in [0.15, 0.2) is 17.6 Å². The number of carbonyl (C=O) groups excluding carboxylic acids is 1. The van der Waals surface area contributed by atoms with Gasteiger partial charge in [0.05, 0.1) is 18.3 Å². The summed E-state index contributed by atoms with van der Waals surface area (Å²) in [6, 6.07) is 4.92. The van der Waals surface area contributed by atoms with Gasteiger partial charge in [-0.1, -0.05) is 0 Å². The van der Waals surface area contributed by atoms with E-state index in [0.29, 0.717) is 29.4 Å². The summed E-state index contributed by atoms with van der Waals surface area (Å²) in [5, 5.41) is 17.6. The van der Waals surface area contributed by atoms with Crippen molar-refractivity contribution in [2.24, 2.45) is 0 Å². The molecule has 9 nitrogen and oxygen atoms in total. The molecule has 0 radical (unpaired) electrons. The predicted molar refractivity (Wildman–Crippen MR) is 129 cm³/mol. The number of nitrogens with zero attached hydrogens (tertiary/aromatic N) is 6. The Balaban J connectivity index is 1.33. The number of hydrogen-bond acceptors (Lipinski definition) is 9. The Hall–Kier alpha value is -2.61. The molecule has 0 spiro atoms. The van der Waals surface area contributed by atoms with Gasteiger partial charge in [0.25, 0.3) is 5.91 Å². The van der Waals surface area contributed by atoms with Crippen molar-refractivity contribution in [3.8, 4) is 6.07 Å². The second-order valence-electron chi connectivity index (χ2n) is 9.08. The van der Waals surface area contributed by atoms with Gasteiger partial charge in [-0.25, -0.2) is 15.0 Å². The summed E-state index contributed by atoms with van der Waals surface area (Å²) in [5.41, 5.74) is 1.39. The molecule has 2 N–H and O–H groups in total. The summed E-state index contributed by atoms with van der Waals surface area (Å²) in [4.78, 5) is 30.7. The summed E-state index contributed by atoms with van der Waals surface area (Å²) >= 11 is 1.37. The third-order valence-corrected chi connectivity index (χ3v) is 7.20. The normalized spacial score (nSPS) is 20.5. The van der Waals surface area contributed by atoms with Gasteiger partial charge >= 0.3 is 0 Å². The van der Waals surface area contributed by atoms with Crippen molar-refractivity contribution in [1.82, 2.24) is 30.1 Å². The zero-order valence-electron chi connectivity index (χ0n) is 19.3. The summed E-state index contributed by atoms with van der Waals surface area (Å²) in [7, 11) is 0. The van der Waals surface area contributed by atoms with Crippen molar-refractivity contribution >= 4 is 28.3 Å². The van der Waals surface area contributed by atoms with Crippen molar-refractivity contribution in [2.75, 3.05) is 38.0 Å². The van der Waals surface area contributed by atoms with Crippen LogP contribution in [0.5, 0.6) is 0 Å². The van der Waals surface area contributed by atoms with Crippen LogP contribution in [-0.2, 0) is 0 Å². The van der Waals surface area contributed by atoms with Gasteiger partial charge in [0.15, 0.2) is 5.13 Å². The zero-order valence-corrected chi connectivity index (χ0v) is 20.1. The van der Waals surface area contributed by atoms with Crippen LogP contribution >= 0.6 is 11.3 Å². The van der Waals surface area contributed by atoms with Gasteiger partial charge in [-0.05, 0) is 52.1 Å². The van der Waals surface area contributed by atoms with E-state index >= 15 is 0 Å². The topological polar surface area (TPSA) is 110 Å². The number of hydrogen-bond donors (Lipinski definition) is 2. The molecule has 10 heteroatoms. The van der Waals surface area contributed by atoms with Gasteiger partial charge in [0.1, 0.15) is 5.69 Å². The summed E-state index contributed by atoms with van der Waals surface area (Å²) in [6.45, 7) is 8.68. The number of likely N-dealkylation sites (tertiary alicyclic amines) is 2. The van der Waals surface area contributed by atoms with Crippen molar-refractivity contribution in [2.45, 2.75) is 57.5 Å². The Morgan fingerprint density at radius 1 is 1.27 bits per heavy atom. The van der Waals surface area contributed by atoms with Gasteiger partial charge in [-0.2, -0.15) is 5.26 Å². The molecule has 2 fully saturated rings. The maximum absolute atomic E-state index is 12.7. The number of nitriles is 1. The standard InChI is InChI=1S/C23H32N8OS/c1-16(2)31-11-6-18(7-12-31)26-21(32)20-15-33-23(28-20)29-22-25-9-5-19(27-22)17-4-3-10-30(14-17)13-8-24/h5,9,15-18H,3-4,6-7,10-14H2,1-2H3,(H,26,32)(H,25,27,28,29)/t17-/m1/s1. The van der Waals surface area contributed by atoms with Crippen LogP contribution in [0.4, 0.5) is 11.1 Å². The fourth-order valence-electron chi connectivity index (χ4n) is 4.55. The van der Waals surface area contributed by atoms with Gasteiger partial charge in [-0.3, -0.25) is 9.69 Å². The number of aromatic nitrogens is 3. The van der Waals surface area contributed by atoms with Gasteiger partial charge in [-0.15, -0.1) is 11.3 Å². The molecule has 4 rings (SSSR count). The summed E-state index contributed by atoms with van der Waals surface area (Å²) < 4.78 is 0. The Bertz CT molecular complexity index is 979. The van der Waals surface area contributed by atoms with Crippen molar-refractivity contribution < 1.29 is 4.79 Å². The van der Waals surface area contributed by atoms with E-state index < -0.39 is 0 Å². The molecule has 0 unspecified atom stereocenters. The molecule has 2 aliphatic heterocycles. The van der Waals surface area contributed by atoms with Gasteiger partial charge < -0.3 is 15.5 Å². The highest BCUT2D eigenvalue weighted by atomic mass is 32.1. The first kappa shape index (κ1) is 23.5. The van der Waals surface area contributed by atoms with E-state index in [0.717, 1.165) is 57.6 Å². The molecule has 1 amide bonds. The number of piperidine rings is 2. The Kier molecular flexibility index (Phi) is 7.85. The quantitative estimate of drug-likeness (QED) is 0.597. The first-order chi connectivity index (χ1) is 16.0. The molecule has 0 aliphatic carbocycles. The Morgan fingerprint density at radius 3 is 2.85 bits per heavy atom. The largest absolute Gasteiger partial charge is 0.348 e. The molecule has 0 saturated carbocycles. The maximum Gasteiger partial charge on any atom is 0.271 e. The smallest absolute Gasteiger partial charge is 0.271 e. The third kappa shape index (κ3) is 6.25. The average molecular weight is 469 g/mol. The van der Waals surface area contributed by atoms with Crippen LogP contribution in [-0.4, -0.2) is 75.5 Å². The molecule has 2 saturated heterocycles. The summed E-state index contributed by atoms with van der Waals surface area (Å²) in [5.74, 6) is 0.638. The molecule has 176 valence electrons. The molecule has 0 bridgehead atoms. The fourth-order valence-corrected chi connectivity index (χ4v) is 5.24. The number of amides is 1. The average Bonchev–Trinajstić information content (AvgIpc) is 3.29. The van der Waals surface area contributed by atoms with E-state index in [1.165, 1.54) is 11.3 Å². The number of carbonyl (C=O) groups is 1. The number of nitrogens with one attached hydrogen (secondary N) is 2. The first-order valence-electron chi connectivity index (χ1n) is 11.7. The maximum atomic E-state index is 12.7. The van der Waals surface area contributed by atoms with Crippen LogP contribution in [0.1, 0.15) is 61.6 Å². The molecule has 2 aromatic rings. The second-order valence-corrected chi connectivity index (χ2v) is 9.94. The minimum atomic E-state index is -0.128. The van der Waals surface area contributed by atoms with E-state index in [9.17, 15) is 4.79 Å². The lowest BCUT2D eigenvalue weighted by Crippen LogP contribution is -2.46. The second kappa shape index (κ2) is 11.0. The lowest BCUT2D eigenvalue weighted by atomic mass is 9.94. The van der Waals surface area contributed by atoms with Crippen molar-refractivity contribution in [3.63, 3.8) is 0 Å². The Morgan fingerprint density at radius 2 is 2.09 bits per heavy atom. The molecule has 2 aliphatic rings. The van der Waals surface area contributed by atoms with Crippen LogP contribution < -0.4 is 10.6 Å². The van der Waals surface area contributed by atoms with Crippen molar-refractivity contribution in [3.05, 3.63) is 29.0 Å². The number of rotatable bonds is 7. The van der Waals surface area contributed by atoms with Crippen LogP contribution in [0.2, 0.25) is 0 Å². The van der Waals surface area contributed by atoms with E-state index in [1.54, 1.807) is 11.6 Å². The number of thiazole rings is 1. The molecule has 0 aromatic carbocycles. The van der Waals surface area contributed by atoms with Crippen molar-refractivity contribution in [1.29, 1.82) is 5.26 Å². The highest BCUT2D eigenvalue weighted by molar-refractivity contribution is 7.14. The highest BCUT2D eigenvalue weighted by Gasteiger charge is 2.24. The predicted octanol–water partition coefficient (Wildman–Crippen LogP) is 2.98. The van der Waals surface area contributed by atoms with E-state index in [4.69, 9.17) is 5.26 Å². The minimum Gasteiger partial charge on any atom is -0.348 e. The zero-order chi connectivity index (χ0) is 23.2. The van der Waals surface area contributed by atoms with Gasteiger partial charge in [0.2, 0.25) is 5.95 Å². The first-order valence-corrected chi connectivity index (χ1v) is 12.6. The Labute approximate surface area is 199 Å². The molecular weight excluding hydrogens is 436 g/mol. The lowest BCUT2D eigenvalue weighted by molar-refractivity contribution is 0.0896. The van der Waals surface area contributed by atoms with E-state index in [2.05, 4.69) is 55.3 Å². The third-order valence-electron chi connectivity index (χ3n) is 6.45. The number of anilines is 2. The summed E-state index contributed by atoms with van der Waals surface area (Å²) in [6.07, 6.45) is 5.79. The molecule has 1 atom stereocenters. The SMILES string of the molecule is CC(C)N1CCC(NC(=O)c2csc(Nc3nccc([C@@H]4CCCN(CC#N)C4)n3)n2)CC1. The molecular formula is C23H32N8OS. The van der Waals surface area contributed by atoms with Gasteiger partial charge in [0, 0.05) is 49.2 Å². The molecule has 4 heterocycles. The van der Waals surface area contributed by atoms with E-state index in [1.807, 2.05) is 6.07 Å². The highest BCUT2D eigenvalue weighted by Crippen LogP contribution is 2.26. The molecule has 2 aromatic heterocycles. The van der Waals surface area contributed by atoms with E-state index in [-0.39, 0.29) is 17.9 Å². The van der Waals surface area contributed by atoms with Crippen LogP contribution in [0, 0.1) is 11.3 Å². The monoisotopic (exact) mass is 468 g/mol. The fraction of sp³-hybridized carbons (Fsp3) is 0.609. The van der Waals surface area contributed by atoms with Crippen LogP contribution in [0.3, 0.4) is 0 Å².